The Hall–Kier alpha value is -2.36. The average molecular weight is 481 g/mol. The summed E-state index contributed by atoms with van der Waals surface area (Å²) in [6.45, 7) is 0. The van der Waals surface area contributed by atoms with E-state index in [0.29, 0.717) is 11.0 Å². The zero-order valence-electron chi connectivity index (χ0n) is 14.6. The molecule has 10 heteroatoms. The third kappa shape index (κ3) is 3.91. The highest BCUT2D eigenvalue weighted by molar-refractivity contribution is 9.10. The van der Waals surface area contributed by atoms with Gasteiger partial charge in [0, 0.05) is 15.2 Å². The molecule has 1 aromatic heterocycles. The monoisotopic (exact) mass is 479 g/mol. The molecule has 2 aromatic carbocycles. The van der Waals surface area contributed by atoms with Gasteiger partial charge in [0.2, 0.25) is 16.0 Å². The van der Waals surface area contributed by atoms with E-state index in [0.717, 1.165) is 27.6 Å². The van der Waals surface area contributed by atoms with Crippen molar-refractivity contribution in [3.05, 3.63) is 75.2 Å². The van der Waals surface area contributed by atoms with Crippen LogP contribution in [0, 0.1) is 0 Å². The molecule has 2 N–H and O–H groups in total. The van der Waals surface area contributed by atoms with Crippen LogP contribution in [0.15, 0.2) is 59.1 Å². The van der Waals surface area contributed by atoms with Crippen molar-refractivity contribution in [2.75, 3.05) is 16.3 Å². The van der Waals surface area contributed by atoms with Gasteiger partial charge in [0.05, 0.1) is 6.26 Å². The molecule has 144 valence electrons. The average Bonchev–Trinajstić information content (AvgIpc) is 3.02. The molecule has 0 spiro atoms. The number of hydrogen-bond donors (Lipinski definition) is 2. The van der Waals surface area contributed by atoms with Crippen LogP contribution >= 0.6 is 27.5 Å². The van der Waals surface area contributed by atoms with Crippen LogP contribution in [0.3, 0.4) is 0 Å². The second kappa shape index (κ2) is 7.23. The summed E-state index contributed by atoms with van der Waals surface area (Å²) in [4.78, 5) is 4.29. The van der Waals surface area contributed by atoms with Crippen LogP contribution in [0.25, 0.3) is 5.70 Å². The first-order valence-electron chi connectivity index (χ1n) is 8.24. The molecular weight excluding hydrogens is 466 g/mol. The number of rotatable bonds is 4. The fraction of sp³-hybridized carbons (Fsp3) is 0.111. The summed E-state index contributed by atoms with van der Waals surface area (Å²) in [6, 6.07) is 14.9. The number of aromatic nitrogens is 3. The highest BCUT2D eigenvalue weighted by Gasteiger charge is 2.27. The maximum absolute atomic E-state index is 11.6. The summed E-state index contributed by atoms with van der Waals surface area (Å²) in [5.74, 6) is 0.406. The molecule has 0 aliphatic carbocycles. The molecule has 1 unspecified atom stereocenters. The van der Waals surface area contributed by atoms with Crippen LogP contribution in [0.5, 0.6) is 0 Å². The van der Waals surface area contributed by atoms with Gasteiger partial charge in [-0.2, -0.15) is 4.98 Å². The molecule has 1 atom stereocenters. The van der Waals surface area contributed by atoms with Crippen LogP contribution in [0.1, 0.15) is 17.2 Å². The Morgan fingerprint density at radius 3 is 2.57 bits per heavy atom. The van der Waals surface area contributed by atoms with Crippen molar-refractivity contribution in [2.45, 2.75) is 6.04 Å². The van der Waals surface area contributed by atoms with Gasteiger partial charge in [0.15, 0.2) is 0 Å². The number of hydrogen-bond acceptors (Lipinski definition) is 5. The number of nitrogens with zero attached hydrogens (tertiary/aromatic N) is 3. The molecule has 2 heterocycles. The van der Waals surface area contributed by atoms with E-state index in [1.54, 1.807) is 10.7 Å². The minimum Gasteiger partial charge on any atom is -0.324 e. The number of benzene rings is 2. The van der Waals surface area contributed by atoms with Crippen molar-refractivity contribution in [2.24, 2.45) is 0 Å². The number of anilines is 2. The van der Waals surface area contributed by atoms with Crippen molar-refractivity contribution < 1.29 is 8.42 Å². The Morgan fingerprint density at radius 2 is 1.89 bits per heavy atom. The second-order valence-corrected chi connectivity index (χ2v) is 9.33. The minimum atomic E-state index is -3.50. The first-order chi connectivity index (χ1) is 13.3. The quantitative estimate of drug-likeness (QED) is 0.586. The lowest BCUT2D eigenvalue weighted by Crippen LogP contribution is -2.20. The lowest BCUT2D eigenvalue weighted by molar-refractivity contribution is 0.603. The molecule has 7 nitrogen and oxygen atoms in total. The fourth-order valence-electron chi connectivity index (χ4n) is 2.94. The van der Waals surface area contributed by atoms with Gasteiger partial charge in [-0.05, 0) is 35.4 Å². The molecule has 4 rings (SSSR count). The summed E-state index contributed by atoms with van der Waals surface area (Å²) >= 11 is 9.86. The van der Waals surface area contributed by atoms with E-state index in [2.05, 4.69) is 36.1 Å². The highest BCUT2D eigenvalue weighted by atomic mass is 79.9. The lowest BCUT2D eigenvalue weighted by atomic mass is 10.0. The van der Waals surface area contributed by atoms with Gasteiger partial charge >= 0.3 is 0 Å². The van der Waals surface area contributed by atoms with Crippen molar-refractivity contribution in [3.8, 4) is 0 Å². The van der Waals surface area contributed by atoms with Gasteiger partial charge in [0.25, 0.3) is 5.95 Å². The molecule has 1 aliphatic heterocycles. The maximum Gasteiger partial charge on any atom is 0.257 e. The summed E-state index contributed by atoms with van der Waals surface area (Å²) < 4.78 is 28.0. The number of nitrogens with one attached hydrogen (secondary N) is 2. The Kier molecular flexibility index (Phi) is 4.90. The van der Waals surface area contributed by atoms with E-state index in [1.165, 1.54) is 0 Å². The van der Waals surface area contributed by atoms with Crippen LogP contribution in [-0.2, 0) is 10.0 Å². The molecule has 0 bridgehead atoms. The fourth-order valence-corrected chi connectivity index (χ4v) is 3.87. The number of halogens is 2. The van der Waals surface area contributed by atoms with Gasteiger partial charge in [-0.1, -0.05) is 57.9 Å². The van der Waals surface area contributed by atoms with Crippen molar-refractivity contribution in [1.29, 1.82) is 0 Å². The number of fused-ring (bicyclic) bond motifs is 1. The molecule has 0 radical (unpaired) electrons. The van der Waals surface area contributed by atoms with Crippen LogP contribution in [0.4, 0.5) is 11.9 Å². The van der Waals surface area contributed by atoms with E-state index in [-0.39, 0.29) is 12.0 Å². The molecule has 0 saturated carbocycles. The van der Waals surface area contributed by atoms with E-state index in [1.807, 2.05) is 48.5 Å². The first kappa shape index (κ1) is 19.0. The first-order valence-corrected chi connectivity index (χ1v) is 11.3. The van der Waals surface area contributed by atoms with Crippen LogP contribution < -0.4 is 10.0 Å². The lowest BCUT2D eigenvalue weighted by Gasteiger charge is -2.24. The topological polar surface area (TPSA) is 88.9 Å². The molecule has 0 amide bonds. The number of sulfonamides is 1. The third-order valence-electron chi connectivity index (χ3n) is 4.12. The summed E-state index contributed by atoms with van der Waals surface area (Å²) in [6.07, 6.45) is 3.04. The van der Waals surface area contributed by atoms with E-state index < -0.39 is 10.0 Å². The molecule has 1 aliphatic rings. The molecule has 3 aromatic rings. The summed E-state index contributed by atoms with van der Waals surface area (Å²) in [5.41, 5.74) is 2.60. The Labute approximate surface area is 175 Å². The standard InChI is InChI=1S/C18H15BrClN5O2S/c1-28(26,27)24-17-22-18-21-15(11-6-8-12(19)9-7-11)10-16(25(18)23-17)13-4-2-3-5-14(13)20/h2-10,16H,1H3,(H2,21,22,23,24). The normalized spacial score (nSPS) is 16.1. The van der Waals surface area contributed by atoms with Gasteiger partial charge in [0.1, 0.15) is 6.04 Å². The van der Waals surface area contributed by atoms with Crippen molar-refractivity contribution in [1.82, 2.24) is 14.8 Å². The SMILES string of the molecule is CS(=O)(=O)Nc1nc2n(n1)C(c1ccccc1Cl)C=C(c1ccc(Br)cc1)N2. The Bertz CT molecular complexity index is 1170. The van der Waals surface area contributed by atoms with Crippen molar-refractivity contribution in [3.63, 3.8) is 0 Å². The largest absolute Gasteiger partial charge is 0.324 e. The van der Waals surface area contributed by atoms with E-state index >= 15 is 0 Å². The van der Waals surface area contributed by atoms with Gasteiger partial charge in [-0.3, -0.25) is 4.72 Å². The zero-order chi connectivity index (χ0) is 19.9. The predicted octanol–water partition coefficient (Wildman–Crippen LogP) is 4.12. The second-order valence-electron chi connectivity index (χ2n) is 6.26. The van der Waals surface area contributed by atoms with E-state index in [9.17, 15) is 8.42 Å². The minimum absolute atomic E-state index is 0.00694. The molecule has 28 heavy (non-hydrogen) atoms. The van der Waals surface area contributed by atoms with Crippen LogP contribution in [-0.4, -0.2) is 29.4 Å². The smallest absolute Gasteiger partial charge is 0.257 e. The predicted molar refractivity (Wildman–Crippen MR) is 114 cm³/mol. The van der Waals surface area contributed by atoms with Gasteiger partial charge in [-0.15, -0.1) is 5.10 Å². The Balaban J connectivity index is 1.83. The number of allylic oxidation sites excluding steroid dienone is 1. The molecule has 0 fully saturated rings. The van der Waals surface area contributed by atoms with Crippen molar-refractivity contribution >= 4 is 55.1 Å². The van der Waals surface area contributed by atoms with Gasteiger partial charge < -0.3 is 5.32 Å². The van der Waals surface area contributed by atoms with Crippen LogP contribution in [0.2, 0.25) is 5.02 Å². The maximum atomic E-state index is 11.6. The highest BCUT2D eigenvalue weighted by Crippen LogP contribution is 2.36. The third-order valence-corrected chi connectivity index (χ3v) is 5.55. The molecular formula is C18H15BrClN5O2S. The molecule has 0 saturated heterocycles. The summed E-state index contributed by atoms with van der Waals surface area (Å²) in [7, 11) is -3.50. The zero-order valence-corrected chi connectivity index (χ0v) is 17.8. The van der Waals surface area contributed by atoms with Gasteiger partial charge in [-0.25, -0.2) is 13.1 Å². The summed E-state index contributed by atoms with van der Waals surface area (Å²) in [5, 5.41) is 8.12. The Morgan fingerprint density at radius 1 is 1.18 bits per heavy atom. The van der Waals surface area contributed by atoms with E-state index in [4.69, 9.17) is 11.6 Å².